The normalized spacial score (nSPS) is 13.3. The summed E-state index contributed by atoms with van der Waals surface area (Å²) in [5.41, 5.74) is 6.09. The molecule has 1 heterocycles. The summed E-state index contributed by atoms with van der Waals surface area (Å²) in [7, 11) is -1.82. The summed E-state index contributed by atoms with van der Waals surface area (Å²) in [6, 6.07) is 1.58. The molecule has 0 bridgehead atoms. The Bertz CT molecular complexity index is 471. The predicted molar refractivity (Wildman–Crippen MR) is 68.0 cm³/mol. The molecule has 1 aromatic rings. The molecule has 0 aliphatic carbocycles. The predicted octanol–water partition coefficient (Wildman–Crippen LogP) is 1.14. The lowest BCUT2D eigenvalue weighted by molar-refractivity contribution is 0.311. The van der Waals surface area contributed by atoms with E-state index in [2.05, 4.69) is 4.98 Å². The highest BCUT2D eigenvalue weighted by Gasteiger charge is 2.25. The summed E-state index contributed by atoms with van der Waals surface area (Å²) >= 11 is 0. The van der Waals surface area contributed by atoms with E-state index in [9.17, 15) is 8.42 Å². The van der Waals surface area contributed by atoms with Gasteiger partial charge in [0.15, 0.2) is 0 Å². The first-order valence-corrected chi connectivity index (χ1v) is 6.94. The molecule has 0 aliphatic rings. The van der Waals surface area contributed by atoms with Gasteiger partial charge in [0.25, 0.3) is 0 Å². The summed E-state index contributed by atoms with van der Waals surface area (Å²) in [5, 5.41) is 0. The molecule has 0 radical (unpaired) electrons. The van der Waals surface area contributed by atoms with Crippen LogP contribution < -0.4 is 5.73 Å². The molecule has 98 valence electrons. The summed E-state index contributed by atoms with van der Waals surface area (Å²) < 4.78 is 25.8. The second-order valence-electron chi connectivity index (χ2n) is 5.39. The minimum Gasteiger partial charge on any atom is -0.363 e. The highest BCUT2D eigenvalue weighted by molar-refractivity contribution is 7.89. The van der Waals surface area contributed by atoms with Crippen LogP contribution in [0.15, 0.2) is 17.2 Å². The van der Waals surface area contributed by atoms with Gasteiger partial charge in [0.05, 0.1) is 4.90 Å². The number of rotatable bonds is 4. The Kier molecular flexibility index (Phi) is 4.01. The van der Waals surface area contributed by atoms with Crippen molar-refractivity contribution in [3.05, 3.63) is 18.0 Å². The van der Waals surface area contributed by atoms with Gasteiger partial charge in [0.2, 0.25) is 10.0 Å². The second kappa shape index (κ2) is 4.80. The number of aromatic nitrogens is 1. The minimum absolute atomic E-state index is 0.0746. The Morgan fingerprint density at radius 2 is 2.00 bits per heavy atom. The van der Waals surface area contributed by atoms with Gasteiger partial charge in [0, 0.05) is 32.0 Å². The first-order chi connectivity index (χ1) is 7.66. The molecular weight excluding hydrogens is 238 g/mol. The van der Waals surface area contributed by atoms with Crippen LogP contribution in [-0.2, 0) is 16.6 Å². The summed E-state index contributed by atoms with van der Waals surface area (Å²) in [4.78, 5) is 3.12. The molecule has 1 rings (SSSR count). The van der Waals surface area contributed by atoms with E-state index in [0.717, 1.165) is 0 Å². The van der Waals surface area contributed by atoms with Crippen LogP contribution in [0.4, 0.5) is 0 Å². The number of sulfonamides is 1. The molecule has 0 aliphatic heterocycles. The molecular formula is C11H21N3O2S. The van der Waals surface area contributed by atoms with Crippen LogP contribution in [-0.4, -0.2) is 31.3 Å². The molecule has 0 saturated heterocycles. The number of hydrogen-bond acceptors (Lipinski definition) is 3. The number of aromatic amines is 1. The maximum atomic E-state index is 12.2. The van der Waals surface area contributed by atoms with E-state index in [4.69, 9.17) is 5.73 Å². The van der Waals surface area contributed by atoms with Gasteiger partial charge in [-0.15, -0.1) is 0 Å². The highest BCUT2D eigenvalue weighted by atomic mass is 32.2. The Morgan fingerprint density at radius 1 is 1.41 bits per heavy atom. The molecule has 0 amide bonds. The molecule has 0 atom stereocenters. The average Bonchev–Trinajstić information content (AvgIpc) is 2.63. The first kappa shape index (κ1) is 14.2. The van der Waals surface area contributed by atoms with Crippen molar-refractivity contribution < 1.29 is 8.42 Å². The standard InChI is InChI=1S/C11H21N3O2S/c1-11(2,3)8-14(4)17(15,16)10-5-9(6-12)13-7-10/h5,7,13H,6,8,12H2,1-4H3. The molecule has 0 aromatic carbocycles. The van der Waals surface area contributed by atoms with Crippen LogP contribution >= 0.6 is 0 Å². The lowest BCUT2D eigenvalue weighted by Crippen LogP contribution is -2.34. The fourth-order valence-electron chi connectivity index (χ4n) is 1.62. The van der Waals surface area contributed by atoms with Gasteiger partial charge < -0.3 is 10.7 Å². The molecule has 0 unspecified atom stereocenters. The van der Waals surface area contributed by atoms with Crippen molar-refractivity contribution in [2.75, 3.05) is 13.6 Å². The Morgan fingerprint density at radius 3 is 2.41 bits per heavy atom. The molecule has 5 nitrogen and oxygen atoms in total. The third-order valence-electron chi connectivity index (χ3n) is 2.34. The van der Waals surface area contributed by atoms with Gasteiger partial charge >= 0.3 is 0 Å². The van der Waals surface area contributed by atoms with Crippen LogP contribution in [0.1, 0.15) is 26.5 Å². The van der Waals surface area contributed by atoms with Gasteiger partial charge in [-0.05, 0) is 11.5 Å². The molecule has 0 fully saturated rings. The molecule has 0 saturated carbocycles. The zero-order chi connectivity index (χ0) is 13.3. The van der Waals surface area contributed by atoms with Gasteiger partial charge in [-0.1, -0.05) is 20.8 Å². The lowest BCUT2D eigenvalue weighted by Gasteiger charge is -2.25. The van der Waals surface area contributed by atoms with E-state index >= 15 is 0 Å². The van der Waals surface area contributed by atoms with Crippen LogP contribution in [0.3, 0.4) is 0 Å². The highest BCUT2D eigenvalue weighted by Crippen LogP contribution is 2.21. The third-order valence-corrected chi connectivity index (χ3v) is 4.12. The number of nitrogens with two attached hydrogens (primary N) is 1. The zero-order valence-corrected chi connectivity index (χ0v) is 11.6. The summed E-state index contributed by atoms with van der Waals surface area (Å²) in [5.74, 6) is 0. The molecule has 17 heavy (non-hydrogen) atoms. The van der Waals surface area contributed by atoms with Crippen molar-refractivity contribution in [3.63, 3.8) is 0 Å². The van der Waals surface area contributed by atoms with E-state index in [0.29, 0.717) is 18.8 Å². The van der Waals surface area contributed by atoms with Crippen LogP contribution in [0.25, 0.3) is 0 Å². The average molecular weight is 259 g/mol. The number of nitrogens with one attached hydrogen (secondary N) is 1. The topological polar surface area (TPSA) is 79.2 Å². The smallest absolute Gasteiger partial charge is 0.244 e. The van der Waals surface area contributed by atoms with Crippen LogP contribution in [0.5, 0.6) is 0 Å². The number of nitrogens with zero attached hydrogens (tertiary/aromatic N) is 1. The van der Waals surface area contributed by atoms with Crippen molar-refractivity contribution in [1.82, 2.24) is 9.29 Å². The van der Waals surface area contributed by atoms with E-state index in [-0.39, 0.29) is 10.3 Å². The SMILES string of the molecule is CN(CC(C)(C)C)S(=O)(=O)c1c[nH]c(CN)c1. The largest absolute Gasteiger partial charge is 0.363 e. The van der Waals surface area contributed by atoms with Gasteiger partial charge in [-0.2, -0.15) is 0 Å². The molecule has 1 aromatic heterocycles. The monoisotopic (exact) mass is 259 g/mol. The van der Waals surface area contributed by atoms with E-state index < -0.39 is 10.0 Å². The van der Waals surface area contributed by atoms with Crippen molar-refractivity contribution in [3.8, 4) is 0 Å². The van der Waals surface area contributed by atoms with Crippen LogP contribution in [0.2, 0.25) is 0 Å². The Hall–Kier alpha value is -0.850. The third kappa shape index (κ3) is 3.55. The fraction of sp³-hybridized carbons (Fsp3) is 0.636. The summed E-state index contributed by atoms with van der Waals surface area (Å²) in [6.07, 6.45) is 1.48. The van der Waals surface area contributed by atoms with Crippen LogP contribution in [0, 0.1) is 5.41 Å². The number of hydrogen-bond donors (Lipinski definition) is 2. The first-order valence-electron chi connectivity index (χ1n) is 5.50. The number of H-pyrrole nitrogens is 1. The van der Waals surface area contributed by atoms with Crippen molar-refractivity contribution in [1.29, 1.82) is 0 Å². The Labute approximate surface area is 103 Å². The molecule has 6 heteroatoms. The van der Waals surface area contributed by atoms with Crippen molar-refractivity contribution in [2.24, 2.45) is 11.1 Å². The molecule has 3 N–H and O–H groups in total. The van der Waals surface area contributed by atoms with E-state index in [1.807, 2.05) is 20.8 Å². The second-order valence-corrected chi connectivity index (χ2v) is 7.43. The summed E-state index contributed by atoms with van der Waals surface area (Å²) in [6.45, 7) is 6.78. The van der Waals surface area contributed by atoms with Crippen molar-refractivity contribution >= 4 is 10.0 Å². The lowest BCUT2D eigenvalue weighted by atomic mass is 9.97. The van der Waals surface area contributed by atoms with Gasteiger partial charge in [-0.25, -0.2) is 12.7 Å². The fourth-order valence-corrected chi connectivity index (χ4v) is 3.03. The van der Waals surface area contributed by atoms with Crippen molar-refractivity contribution in [2.45, 2.75) is 32.2 Å². The van der Waals surface area contributed by atoms with Gasteiger partial charge in [0.1, 0.15) is 0 Å². The van der Waals surface area contributed by atoms with Gasteiger partial charge in [-0.3, -0.25) is 0 Å². The molecule has 0 spiro atoms. The van der Waals surface area contributed by atoms with E-state index in [1.54, 1.807) is 13.1 Å². The van der Waals surface area contributed by atoms with E-state index in [1.165, 1.54) is 10.5 Å². The quantitative estimate of drug-likeness (QED) is 0.851. The zero-order valence-electron chi connectivity index (χ0n) is 10.8. The Balaban J connectivity index is 2.95. The maximum absolute atomic E-state index is 12.2. The maximum Gasteiger partial charge on any atom is 0.244 e. The minimum atomic E-state index is -3.41.